The fourth-order valence-electron chi connectivity index (χ4n) is 3.25. The number of aromatic nitrogens is 1. The molecule has 2 aromatic heterocycles. The minimum absolute atomic E-state index is 0.118. The quantitative estimate of drug-likeness (QED) is 0.722. The number of methoxy groups -OCH3 is 1. The van der Waals surface area contributed by atoms with Gasteiger partial charge in [0.25, 0.3) is 5.91 Å². The molecule has 3 rings (SSSR count). The summed E-state index contributed by atoms with van der Waals surface area (Å²) in [7, 11) is 1.53. The van der Waals surface area contributed by atoms with Gasteiger partial charge in [0.1, 0.15) is 0 Å². The molecule has 0 fully saturated rings. The Hall–Kier alpha value is -1.80. The number of aryl methyl sites for hydroxylation is 1. The van der Waals surface area contributed by atoms with Gasteiger partial charge in [-0.2, -0.15) is 0 Å². The molecule has 0 aromatic carbocycles. The number of nitrogens with zero attached hydrogens (tertiary/aromatic N) is 2. The van der Waals surface area contributed by atoms with Crippen molar-refractivity contribution in [3.63, 3.8) is 0 Å². The zero-order valence-corrected chi connectivity index (χ0v) is 16.7. The first kappa shape index (κ1) is 19.9. The highest BCUT2D eigenvalue weighted by Gasteiger charge is 2.24. The van der Waals surface area contributed by atoms with Crippen molar-refractivity contribution in [3.05, 3.63) is 51.0 Å². The molecular formula is C20H27N3O3S. The molecule has 6 nitrogen and oxygen atoms in total. The lowest BCUT2D eigenvalue weighted by Gasteiger charge is -2.27. The van der Waals surface area contributed by atoms with Crippen molar-refractivity contribution in [2.24, 2.45) is 0 Å². The van der Waals surface area contributed by atoms with Crippen molar-refractivity contribution < 1.29 is 14.6 Å². The van der Waals surface area contributed by atoms with E-state index in [9.17, 15) is 9.90 Å². The molecule has 27 heavy (non-hydrogen) atoms. The van der Waals surface area contributed by atoms with Crippen LogP contribution in [0.4, 0.5) is 0 Å². The predicted molar refractivity (Wildman–Crippen MR) is 106 cm³/mol. The fourth-order valence-corrected chi connectivity index (χ4v) is 4.37. The molecule has 146 valence electrons. The Morgan fingerprint density at radius 2 is 2.33 bits per heavy atom. The number of carbonyl (C=O) groups excluding carboxylic acids is 1. The van der Waals surface area contributed by atoms with Crippen LogP contribution in [0.1, 0.15) is 39.0 Å². The lowest BCUT2D eigenvalue weighted by Crippen LogP contribution is -2.35. The van der Waals surface area contributed by atoms with Crippen molar-refractivity contribution in [1.82, 2.24) is 15.2 Å². The van der Waals surface area contributed by atoms with Crippen molar-refractivity contribution in [2.45, 2.75) is 39.0 Å². The van der Waals surface area contributed by atoms with E-state index >= 15 is 0 Å². The Bertz CT molecular complexity index is 760. The molecule has 0 aliphatic carbocycles. The standard InChI is InChI=1S/C20H27N3O3S/c1-3-14-4-5-15(21-8-14)10-23-7-6-17-18(13-27-19(17)11-23)20(25)22-9-16(24)12-26-2/h4-5,8,13,16,24H,3,6-7,9-12H2,1-2H3,(H,22,25). The average Bonchev–Trinajstić information content (AvgIpc) is 3.10. The largest absolute Gasteiger partial charge is 0.389 e. The second-order valence-electron chi connectivity index (χ2n) is 6.84. The van der Waals surface area contributed by atoms with Crippen LogP contribution in [0.2, 0.25) is 0 Å². The molecule has 1 aliphatic rings. The number of pyridine rings is 1. The highest BCUT2D eigenvalue weighted by molar-refractivity contribution is 7.10. The van der Waals surface area contributed by atoms with E-state index in [0.29, 0.717) is 0 Å². The Balaban J connectivity index is 1.58. The number of hydrogen-bond donors (Lipinski definition) is 2. The Labute approximate surface area is 164 Å². The van der Waals surface area contributed by atoms with E-state index in [1.807, 2.05) is 11.6 Å². The summed E-state index contributed by atoms with van der Waals surface area (Å²) >= 11 is 1.64. The lowest BCUT2D eigenvalue weighted by molar-refractivity contribution is 0.0609. The third kappa shape index (κ3) is 5.13. The number of carbonyl (C=O) groups is 1. The van der Waals surface area contributed by atoms with Crippen molar-refractivity contribution in [2.75, 3.05) is 26.8 Å². The number of fused-ring (bicyclic) bond motifs is 1. The van der Waals surface area contributed by atoms with Gasteiger partial charge in [0.15, 0.2) is 0 Å². The van der Waals surface area contributed by atoms with Crippen molar-refractivity contribution in [3.8, 4) is 0 Å². The number of rotatable bonds is 8. The molecular weight excluding hydrogens is 362 g/mol. The van der Waals surface area contributed by atoms with Crippen LogP contribution in [0.5, 0.6) is 0 Å². The Morgan fingerprint density at radius 3 is 3.04 bits per heavy atom. The second kappa shape index (κ2) is 9.41. The van der Waals surface area contributed by atoms with Gasteiger partial charge < -0.3 is 15.2 Å². The summed E-state index contributed by atoms with van der Waals surface area (Å²) in [4.78, 5) is 20.6. The van der Waals surface area contributed by atoms with Gasteiger partial charge in [-0.3, -0.25) is 14.7 Å². The van der Waals surface area contributed by atoms with Crippen molar-refractivity contribution in [1.29, 1.82) is 0 Å². The van der Waals surface area contributed by atoms with Gasteiger partial charge in [-0.15, -0.1) is 11.3 Å². The zero-order chi connectivity index (χ0) is 19.2. The number of nitrogens with one attached hydrogen (secondary N) is 1. The normalized spacial score (nSPS) is 15.4. The van der Waals surface area contributed by atoms with E-state index in [-0.39, 0.29) is 19.1 Å². The molecule has 1 aliphatic heterocycles. The topological polar surface area (TPSA) is 74.7 Å². The number of amides is 1. The van der Waals surface area contributed by atoms with Gasteiger partial charge in [0.05, 0.1) is 24.0 Å². The Morgan fingerprint density at radius 1 is 1.48 bits per heavy atom. The smallest absolute Gasteiger partial charge is 0.252 e. The van der Waals surface area contributed by atoms with Gasteiger partial charge in [-0.25, -0.2) is 0 Å². The highest BCUT2D eigenvalue weighted by atomic mass is 32.1. The van der Waals surface area contributed by atoms with Crippen molar-refractivity contribution >= 4 is 17.2 Å². The number of aliphatic hydroxyl groups is 1. The van der Waals surface area contributed by atoms with Crippen LogP contribution in [-0.4, -0.2) is 53.8 Å². The zero-order valence-electron chi connectivity index (χ0n) is 15.9. The molecule has 1 unspecified atom stereocenters. The SMILES string of the molecule is CCc1ccc(CN2CCc3c(C(=O)NCC(O)COC)csc3C2)nc1. The molecule has 3 heterocycles. The molecule has 0 radical (unpaired) electrons. The molecule has 7 heteroatoms. The van der Waals surface area contributed by atoms with Gasteiger partial charge >= 0.3 is 0 Å². The lowest BCUT2D eigenvalue weighted by atomic mass is 10.0. The van der Waals surface area contributed by atoms with E-state index in [1.165, 1.54) is 17.6 Å². The molecule has 0 spiro atoms. The first-order valence-electron chi connectivity index (χ1n) is 9.31. The van der Waals surface area contributed by atoms with Crippen LogP contribution in [0.15, 0.2) is 23.7 Å². The summed E-state index contributed by atoms with van der Waals surface area (Å²) in [6.45, 7) is 5.12. The van der Waals surface area contributed by atoms with Gasteiger partial charge in [-0.05, 0) is 30.0 Å². The summed E-state index contributed by atoms with van der Waals surface area (Å²) in [5, 5.41) is 14.4. The fraction of sp³-hybridized carbons (Fsp3) is 0.500. The minimum atomic E-state index is -0.685. The number of aliphatic hydroxyl groups excluding tert-OH is 1. The van der Waals surface area contributed by atoms with Gasteiger partial charge in [-0.1, -0.05) is 13.0 Å². The summed E-state index contributed by atoms with van der Waals surface area (Å²) < 4.78 is 4.88. The van der Waals surface area contributed by atoms with Crippen LogP contribution >= 0.6 is 11.3 Å². The van der Waals surface area contributed by atoms with Crippen LogP contribution in [0.3, 0.4) is 0 Å². The molecule has 2 N–H and O–H groups in total. The van der Waals surface area contributed by atoms with E-state index in [4.69, 9.17) is 4.74 Å². The first-order valence-corrected chi connectivity index (χ1v) is 10.2. The molecule has 0 saturated carbocycles. The van der Waals surface area contributed by atoms with Crippen LogP contribution < -0.4 is 5.32 Å². The molecule has 2 aromatic rings. The van der Waals surface area contributed by atoms with Gasteiger partial charge in [0, 0.05) is 49.7 Å². The monoisotopic (exact) mass is 389 g/mol. The molecule has 0 bridgehead atoms. The third-order valence-electron chi connectivity index (χ3n) is 4.81. The van der Waals surface area contributed by atoms with Crippen LogP contribution in [0.25, 0.3) is 0 Å². The maximum absolute atomic E-state index is 12.4. The predicted octanol–water partition coefficient (Wildman–Crippen LogP) is 2.00. The highest BCUT2D eigenvalue weighted by Crippen LogP contribution is 2.29. The molecule has 1 atom stereocenters. The van der Waals surface area contributed by atoms with Crippen LogP contribution in [-0.2, 0) is 30.7 Å². The third-order valence-corrected chi connectivity index (χ3v) is 5.82. The number of ether oxygens (including phenoxy) is 1. The number of hydrogen-bond acceptors (Lipinski definition) is 6. The minimum Gasteiger partial charge on any atom is -0.389 e. The van der Waals surface area contributed by atoms with E-state index in [2.05, 4.69) is 34.3 Å². The number of thiophene rings is 1. The van der Waals surface area contributed by atoms with E-state index < -0.39 is 6.10 Å². The first-order chi connectivity index (χ1) is 13.1. The van der Waals surface area contributed by atoms with Crippen LogP contribution in [0, 0.1) is 0 Å². The summed E-state index contributed by atoms with van der Waals surface area (Å²) in [6.07, 6.45) is 3.13. The molecule has 1 amide bonds. The second-order valence-corrected chi connectivity index (χ2v) is 7.81. The summed E-state index contributed by atoms with van der Waals surface area (Å²) in [6, 6.07) is 4.25. The van der Waals surface area contributed by atoms with E-state index in [1.54, 1.807) is 11.3 Å². The summed E-state index contributed by atoms with van der Waals surface area (Å²) in [5.74, 6) is -0.118. The maximum Gasteiger partial charge on any atom is 0.252 e. The average molecular weight is 390 g/mol. The maximum atomic E-state index is 12.4. The van der Waals surface area contributed by atoms with E-state index in [0.717, 1.165) is 49.3 Å². The van der Waals surface area contributed by atoms with Gasteiger partial charge in [0.2, 0.25) is 0 Å². The Kier molecular flexibility index (Phi) is 6.95. The summed E-state index contributed by atoms with van der Waals surface area (Å²) in [5.41, 5.74) is 4.22. The molecule has 0 saturated heterocycles.